The molecule has 0 amide bonds. The van der Waals surface area contributed by atoms with Crippen LogP contribution in [0.1, 0.15) is 71.6 Å². The van der Waals surface area contributed by atoms with Crippen LogP contribution in [0.25, 0.3) is 0 Å². The number of nitrogens with zero attached hydrogens (tertiary/aromatic N) is 1. The van der Waals surface area contributed by atoms with E-state index in [4.69, 9.17) is 0 Å². The quantitative estimate of drug-likeness (QED) is 0.729. The van der Waals surface area contributed by atoms with E-state index in [1.807, 2.05) is 0 Å². The predicted octanol–water partition coefficient (Wildman–Crippen LogP) is 3.83. The standard InChI is InChI=1S/C16H33NO/c1-5-10-14(2)13-15(18)16(17(3)4)11-8-6-7-9-12-16/h14-15,18H,5-13H2,1-4H3. The Morgan fingerprint density at radius 3 is 2.11 bits per heavy atom. The second kappa shape index (κ2) is 7.49. The SMILES string of the molecule is CCCC(C)CC(O)C1(N(C)C)CCCCCC1. The topological polar surface area (TPSA) is 23.5 Å². The highest BCUT2D eigenvalue weighted by atomic mass is 16.3. The Morgan fingerprint density at radius 1 is 1.11 bits per heavy atom. The minimum Gasteiger partial charge on any atom is -0.391 e. The van der Waals surface area contributed by atoms with Crippen molar-refractivity contribution in [3.63, 3.8) is 0 Å². The fourth-order valence-electron chi connectivity index (χ4n) is 3.63. The summed E-state index contributed by atoms with van der Waals surface area (Å²) in [5, 5.41) is 10.8. The lowest BCUT2D eigenvalue weighted by Crippen LogP contribution is -2.53. The number of aliphatic hydroxyl groups excluding tert-OH is 1. The van der Waals surface area contributed by atoms with Crippen LogP contribution in [0.4, 0.5) is 0 Å². The van der Waals surface area contributed by atoms with Crippen molar-refractivity contribution in [3.05, 3.63) is 0 Å². The monoisotopic (exact) mass is 255 g/mol. The molecule has 0 spiro atoms. The van der Waals surface area contributed by atoms with Gasteiger partial charge in [-0.15, -0.1) is 0 Å². The zero-order chi connectivity index (χ0) is 13.6. The smallest absolute Gasteiger partial charge is 0.0726 e. The number of hydrogen-bond donors (Lipinski definition) is 1. The molecule has 1 rings (SSSR count). The minimum absolute atomic E-state index is 0.0402. The third-order valence-corrected chi connectivity index (χ3v) is 4.89. The van der Waals surface area contributed by atoms with Gasteiger partial charge in [0.15, 0.2) is 0 Å². The van der Waals surface area contributed by atoms with Crippen LogP contribution in [0.15, 0.2) is 0 Å². The van der Waals surface area contributed by atoms with Crippen molar-refractivity contribution in [3.8, 4) is 0 Å². The molecule has 18 heavy (non-hydrogen) atoms. The summed E-state index contributed by atoms with van der Waals surface area (Å²) in [7, 11) is 4.30. The molecule has 108 valence electrons. The maximum atomic E-state index is 10.8. The largest absolute Gasteiger partial charge is 0.391 e. The normalized spacial score (nSPS) is 23.7. The van der Waals surface area contributed by atoms with Gasteiger partial charge in [-0.25, -0.2) is 0 Å². The summed E-state index contributed by atoms with van der Waals surface area (Å²) in [6, 6.07) is 0. The van der Waals surface area contributed by atoms with Gasteiger partial charge in [-0.2, -0.15) is 0 Å². The zero-order valence-electron chi connectivity index (χ0n) is 12.9. The summed E-state index contributed by atoms with van der Waals surface area (Å²) in [4.78, 5) is 2.31. The van der Waals surface area contributed by atoms with Gasteiger partial charge < -0.3 is 10.0 Å². The molecule has 2 heteroatoms. The van der Waals surface area contributed by atoms with E-state index < -0.39 is 0 Å². The molecular weight excluding hydrogens is 222 g/mol. The number of hydrogen-bond acceptors (Lipinski definition) is 2. The first kappa shape index (κ1) is 16.0. The van der Waals surface area contributed by atoms with Crippen LogP contribution < -0.4 is 0 Å². The highest BCUT2D eigenvalue weighted by Crippen LogP contribution is 2.36. The van der Waals surface area contributed by atoms with E-state index in [-0.39, 0.29) is 11.6 Å². The molecule has 2 atom stereocenters. The Kier molecular flexibility index (Phi) is 6.65. The molecule has 0 aliphatic heterocycles. The molecule has 0 aromatic rings. The van der Waals surface area contributed by atoms with Gasteiger partial charge in [-0.3, -0.25) is 0 Å². The molecule has 1 saturated carbocycles. The summed E-state index contributed by atoms with van der Waals surface area (Å²) in [5.41, 5.74) is 0.0402. The van der Waals surface area contributed by atoms with Gasteiger partial charge in [-0.1, -0.05) is 52.4 Å². The van der Waals surface area contributed by atoms with Crippen LogP contribution >= 0.6 is 0 Å². The molecule has 1 aliphatic carbocycles. The van der Waals surface area contributed by atoms with Gasteiger partial charge in [0, 0.05) is 5.54 Å². The van der Waals surface area contributed by atoms with E-state index in [0.717, 1.165) is 6.42 Å². The Balaban J connectivity index is 2.69. The maximum absolute atomic E-state index is 10.8. The molecular formula is C16H33NO. The van der Waals surface area contributed by atoms with E-state index in [2.05, 4.69) is 32.8 Å². The van der Waals surface area contributed by atoms with Gasteiger partial charge in [0.1, 0.15) is 0 Å². The Labute approximate surface area is 114 Å². The van der Waals surface area contributed by atoms with E-state index in [9.17, 15) is 5.11 Å². The highest BCUT2D eigenvalue weighted by Gasteiger charge is 2.40. The lowest BCUT2D eigenvalue weighted by Gasteiger charge is -2.44. The first-order valence-corrected chi connectivity index (χ1v) is 7.88. The second-order valence-electron chi connectivity index (χ2n) is 6.56. The van der Waals surface area contributed by atoms with E-state index >= 15 is 0 Å². The highest BCUT2D eigenvalue weighted by molar-refractivity contribution is 4.96. The molecule has 0 bridgehead atoms. The summed E-state index contributed by atoms with van der Waals surface area (Å²) in [6.45, 7) is 4.52. The summed E-state index contributed by atoms with van der Waals surface area (Å²) in [5.74, 6) is 0.644. The molecule has 1 N–H and O–H groups in total. The molecule has 0 saturated heterocycles. The van der Waals surface area contributed by atoms with Gasteiger partial charge in [-0.05, 0) is 39.3 Å². The lowest BCUT2D eigenvalue weighted by molar-refractivity contribution is -0.0300. The molecule has 1 fully saturated rings. The van der Waals surface area contributed by atoms with Crippen LogP contribution in [0.5, 0.6) is 0 Å². The van der Waals surface area contributed by atoms with E-state index in [0.29, 0.717) is 5.92 Å². The molecule has 0 aromatic heterocycles. The molecule has 2 nitrogen and oxygen atoms in total. The predicted molar refractivity (Wildman–Crippen MR) is 78.8 cm³/mol. The summed E-state index contributed by atoms with van der Waals surface area (Å²) in [6.07, 6.45) is 10.8. The molecule has 1 aliphatic rings. The third-order valence-electron chi connectivity index (χ3n) is 4.89. The van der Waals surface area contributed by atoms with Crippen LogP contribution in [0.2, 0.25) is 0 Å². The van der Waals surface area contributed by atoms with Crippen molar-refractivity contribution in [2.24, 2.45) is 5.92 Å². The Bertz CT molecular complexity index is 219. The average molecular weight is 255 g/mol. The Morgan fingerprint density at radius 2 is 1.67 bits per heavy atom. The van der Waals surface area contributed by atoms with Crippen LogP contribution in [-0.4, -0.2) is 35.7 Å². The van der Waals surface area contributed by atoms with Crippen LogP contribution in [0.3, 0.4) is 0 Å². The third kappa shape index (κ3) is 3.96. The van der Waals surface area contributed by atoms with Crippen molar-refractivity contribution in [2.45, 2.75) is 83.3 Å². The maximum Gasteiger partial charge on any atom is 0.0726 e. The van der Waals surface area contributed by atoms with Crippen LogP contribution in [0, 0.1) is 5.92 Å². The number of aliphatic hydroxyl groups is 1. The molecule has 0 heterocycles. The minimum atomic E-state index is -0.160. The number of likely N-dealkylation sites (N-methyl/N-ethyl adjacent to an activating group) is 1. The molecule has 0 aromatic carbocycles. The van der Waals surface area contributed by atoms with Crippen LogP contribution in [-0.2, 0) is 0 Å². The van der Waals surface area contributed by atoms with Gasteiger partial charge in [0.05, 0.1) is 6.10 Å². The van der Waals surface area contributed by atoms with E-state index in [1.54, 1.807) is 0 Å². The lowest BCUT2D eigenvalue weighted by atomic mass is 9.79. The first-order valence-electron chi connectivity index (χ1n) is 7.88. The average Bonchev–Trinajstić information content (AvgIpc) is 2.55. The van der Waals surface area contributed by atoms with Gasteiger partial charge in [0.25, 0.3) is 0 Å². The van der Waals surface area contributed by atoms with Crippen molar-refractivity contribution >= 4 is 0 Å². The van der Waals surface area contributed by atoms with Gasteiger partial charge in [0.2, 0.25) is 0 Å². The fourth-order valence-corrected chi connectivity index (χ4v) is 3.63. The van der Waals surface area contributed by atoms with Crippen molar-refractivity contribution in [1.29, 1.82) is 0 Å². The zero-order valence-corrected chi connectivity index (χ0v) is 12.9. The van der Waals surface area contributed by atoms with Crippen molar-refractivity contribution in [2.75, 3.05) is 14.1 Å². The van der Waals surface area contributed by atoms with Crippen molar-refractivity contribution < 1.29 is 5.11 Å². The molecule has 0 radical (unpaired) electrons. The fraction of sp³-hybridized carbons (Fsp3) is 1.00. The number of rotatable bonds is 6. The van der Waals surface area contributed by atoms with Gasteiger partial charge >= 0.3 is 0 Å². The van der Waals surface area contributed by atoms with E-state index in [1.165, 1.54) is 51.4 Å². The summed E-state index contributed by atoms with van der Waals surface area (Å²) >= 11 is 0. The summed E-state index contributed by atoms with van der Waals surface area (Å²) < 4.78 is 0. The first-order chi connectivity index (χ1) is 8.53. The Hall–Kier alpha value is -0.0800. The second-order valence-corrected chi connectivity index (χ2v) is 6.56. The van der Waals surface area contributed by atoms with Crippen molar-refractivity contribution in [1.82, 2.24) is 4.90 Å². The molecule has 2 unspecified atom stereocenters.